The molecule has 0 amide bonds. The Morgan fingerprint density at radius 2 is 2.00 bits per heavy atom. The Labute approximate surface area is 103 Å². The highest BCUT2D eigenvalue weighted by Crippen LogP contribution is 2.37. The lowest BCUT2D eigenvalue weighted by molar-refractivity contribution is 1.29. The summed E-state index contributed by atoms with van der Waals surface area (Å²) in [5, 5.41) is 2.87. The molecule has 2 aromatic carbocycles. The predicted octanol–water partition coefficient (Wildman–Crippen LogP) is 4.48. The molecular formula is C14H11I. The number of benzene rings is 2. The Morgan fingerprint density at radius 1 is 1.13 bits per heavy atom. The molecule has 0 radical (unpaired) electrons. The summed E-state index contributed by atoms with van der Waals surface area (Å²) in [6, 6.07) is 11.1. The molecule has 15 heavy (non-hydrogen) atoms. The average molecular weight is 306 g/mol. The van der Waals surface area contributed by atoms with Crippen LogP contribution < -0.4 is 0 Å². The Morgan fingerprint density at radius 3 is 2.87 bits per heavy atom. The van der Waals surface area contributed by atoms with Crippen LogP contribution in [0.1, 0.15) is 16.7 Å². The third kappa shape index (κ3) is 1.33. The molecule has 3 rings (SSSR count). The second kappa shape index (κ2) is 3.34. The fourth-order valence-electron chi connectivity index (χ4n) is 2.31. The quantitative estimate of drug-likeness (QED) is 0.630. The lowest BCUT2D eigenvalue weighted by Gasteiger charge is -2.16. The minimum absolute atomic E-state index is 1.08. The first-order valence-electron chi connectivity index (χ1n) is 5.14. The molecule has 0 nitrogen and oxygen atoms in total. The first kappa shape index (κ1) is 9.40. The smallest absolute Gasteiger partial charge is 0.0172 e. The van der Waals surface area contributed by atoms with Crippen molar-refractivity contribution in [1.29, 1.82) is 0 Å². The van der Waals surface area contributed by atoms with E-state index in [0.717, 1.165) is 6.42 Å². The van der Waals surface area contributed by atoms with E-state index in [1.807, 2.05) is 0 Å². The van der Waals surface area contributed by atoms with E-state index < -0.39 is 0 Å². The van der Waals surface area contributed by atoms with Crippen molar-refractivity contribution < 1.29 is 0 Å². The lowest BCUT2D eigenvalue weighted by Crippen LogP contribution is -1.95. The predicted molar refractivity (Wildman–Crippen MR) is 74.4 cm³/mol. The molecule has 0 aromatic heterocycles. The van der Waals surface area contributed by atoms with Gasteiger partial charge in [-0.15, -0.1) is 0 Å². The molecule has 2 aromatic rings. The Bertz CT molecular complexity index is 579. The summed E-state index contributed by atoms with van der Waals surface area (Å²) in [5.74, 6) is 0. The number of aryl methyl sites for hydroxylation is 1. The maximum absolute atomic E-state index is 2.44. The van der Waals surface area contributed by atoms with Crippen molar-refractivity contribution in [3.8, 4) is 0 Å². The van der Waals surface area contributed by atoms with Crippen molar-refractivity contribution in [2.24, 2.45) is 0 Å². The Kier molecular flexibility index (Phi) is 2.09. The van der Waals surface area contributed by atoms with Crippen LogP contribution >= 0.6 is 22.6 Å². The molecule has 1 heteroatoms. The Balaban J connectivity index is 2.54. The van der Waals surface area contributed by atoms with E-state index in [0.29, 0.717) is 0 Å². The molecule has 0 fully saturated rings. The van der Waals surface area contributed by atoms with Gasteiger partial charge in [-0.1, -0.05) is 36.4 Å². The standard InChI is InChI=1S/C14H11I/c1-9-5-7-12-13(15)8-6-10-3-2-4-11(9)14(10)12/h2-5,7-8H,6H2,1H3. The molecule has 0 saturated heterocycles. The van der Waals surface area contributed by atoms with Gasteiger partial charge in [0.1, 0.15) is 0 Å². The van der Waals surface area contributed by atoms with Crippen molar-refractivity contribution in [2.75, 3.05) is 0 Å². The first-order valence-corrected chi connectivity index (χ1v) is 6.22. The van der Waals surface area contributed by atoms with E-state index in [4.69, 9.17) is 0 Å². The zero-order valence-electron chi connectivity index (χ0n) is 8.55. The maximum Gasteiger partial charge on any atom is 0.0172 e. The average Bonchev–Trinajstić information content (AvgIpc) is 2.26. The number of allylic oxidation sites excluding steroid dienone is 1. The highest BCUT2D eigenvalue weighted by molar-refractivity contribution is 14.1. The van der Waals surface area contributed by atoms with Gasteiger partial charge in [-0.25, -0.2) is 0 Å². The fourth-order valence-corrected chi connectivity index (χ4v) is 2.98. The molecule has 0 saturated carbocycles. The van der Waals surface area contributed by atoms with Gasteiger partial charge >= 0.3 is 0 Å². The molecule has 0 N–H and O–H groups in total. The van der Waals surface area contributed by atoms with Gasteiger partial charge in [-0.2, -0.15) is 0 Å². The fraction of sp³-hybridized carbons (Fsp3) is 0.143. The summed E-state index contributed by atoms with van der Waals surface area (Å²) < 4.78 is 1.39. The van der Waals surface area contributed by atoms with Gasteiger partial charge in [0.15, 0.2) is 0 Å². The SMILES string of the molecule is Cc1ccc2c3c(cccc13)CC=C2I. The van der Waals surface area contributed by atoms with Gasteiger partial charge in [-0.3, -0.25) is 0 Å². The second-order valence-electron chi connectivity index (χ2n) is 4.03. The highest BCUT2D eigenvalue weighted by atomic mass is 127. The summed E-state index contributed by atoms with van der Waals surface area (Å²) in [5.41, 5.74) is 4.24. The van der Waals surface area contributed by atoms with E-state index in [2.05, 4.69) is 65.9 Å². The summed E-state index contributed by atoms with van der Waals surface area (Å²) >= 11 is 2.44. The van der Waals surface area contributed by atoms with Crippen molar-refractivity contribution in [3.05, 3.63) is 53.1 Å². The van der Waals surface area contributed by atoms with Crippen molar-refractivity contribution in [2.45, 2.75) is 13.3 Å². The van der Waals surface area contributed by atoms with Crippen molar-refractivity contribution >= 4 is 36.9 Å². The number of hydrogen-bond donors (Lipinski definition) is 0. The summed E-state index contributed by atoms with van der Waals surface area (Å²) in [6.07, 6.45) is 3.39. The van der Waals surface area contributed by atoms with Crippen LogP contribution in [0, 0.1) is 6.92 Å². The minimum Gasteiger partial charge on any atom is -0.0661 e. The highest BCUT2D eigenvalue weighted by Gasteiger charge is 2.13. The normalized spacial score (nSPS) is 14.1. The minimum atomic E-state index is 1.08. The van der Waals surface area contributed by atoms with Crippen LogP contribution in [-0.2, 0) is 6.42 Å². The second-order valence-corrected chi connectivity index (χ2v) is 5.19. The number of hydrogen-bond acceptors (Lipinski definition) is 0. The van der Waals surface area contributed by atoms with E-state index in [1.54, 1.807) is 0 Å². The van der Waals surface area contributed by atoms with Crippen LogP contribution in [-0.4, -0.2) is 0 Å². The topological polar surface area (TPSA) is 0 Å². The molecule has 0 heterocycles. The van der Waals surface area contributed by atoms with Gasteiger partial charge in [0, 0.05) is 3.58 Å². The van der Waals surface area contributed by atoms with Crippen LogP contribution in [0.4, 0.5) is 0 Å². The molecule has 0 aliphatic heterocycles. The lowest BCUT2D eigenvalue weighted by atomic mass is 9.91. The van der Waals surface area contributed by atoms with E-state index >= 15 is 0 Å². The zero-order valence-corrected chi connectivity index (χ0v) is 10.7. The molecule has 0 atom stereocenters. The van der Waals surface area contributed by atoms with Crippen LogP contribution in [0.5, 0.6) is 0 Å². The van der Waals surface area contributed by atoms with E-state index in [9.17, 15) is 0 Å². The molecular weight excluding hydrogens is 295 g/mol. The van der Waals surface area contributed by atoms with Crippen LogP contribution in [0.15, 0.2) is 36.4 Å². The molecule has 74 valence electrons. The van der Waals surface area contributed by atoms with Crippen molar-refractivity contribution in [3.63, 3.8) is 0 Å². The van der Waals surface area contributed by atoms with Crippen LogP contribution in [0.25, 0.3) is 14.4 Å². The van der Waals surface area contributed by atoms with Gasteiger partial charge < -0.3 is 0 Å². The third-order valence-corrected chi connectivity index (χ3v) is 4.12. The number of rotatable bonds is 0. The van der Waals surface area contributed by atoms with E-state index in [1.165, 1.54) is 31.0 Å². The maximum atomic E-state index is 2.44. The first-order chi connectivity index (χ1) is 7.27. The Hall–Kier alpha value is -0.830. The van der Waals surface area contributed by atoms with Crippen LogP contribution in [0.3, 0.4) is 0 Å². The molecule has 0 spiro atoms. The van der Waals surface area contributed by atoms with Crippen molar-refractivity contribution in [1.82, 2.24) is 0 Å². The van der Waals surface area contributed by atoms with Crippen LogP contribution in [0.2, 0.25) is 0 Å². The zero-order chi connectivity index (χ0) is 10.4. The monoisotopic (exact) mass is 306 g/mol. The van der Waals surface area contributed by atoms with E-state index in [-0.39, 0.29) is 0 Å². The summed E-state index contributed by atoms with van der Waals surface area (Å²) in [6.45, 7) is 2.19. The molecule has 0 bridgehead atoms. The van der Waals surface area contributed by atoms with Gasteiger partial charge in [-0.05, 0) is 63.4 Å². The molecule has 1 aliphatic rings. The third-order valence-electron chi connectivity index (χ3n) is 3.10. The molecule has 1 aliphatic carbocycles. The van der Waals surface area contributed by atoms with Gasteiger partial charge in [0.05, 0.1) is 0 Å². The summed E-state index contributed by atoms with van der Waals surface area (Å²) in [4.78, 5) is 0. The molecule has 0 unspecified atom stereocenters. The summed E-state index contributed by atoms with van der Waals surface area (Å²) in [7, 11) is 0. The largest absolute Gasteiger partial charge is 0.0661 e. The van der Waals surface area contributed by atoms with Gasteiger partial charge in [0.2, 0.25) is 0 Å². The van der Waals surface area contributed by atoms with Gasteiger partial charge in [0.25, 0.3) is 0 Å². The number of halogens is 1.